The minimum atomic E-state index is -0.511. The number of halogens is 3. The van der Waals surface area contributed by atoms with Crippen LogP contribution in [0.5, 0.6) is 17.2 Å². The molecule has 22 heavy (non-hydrogen) atoms. The van der Waals surface area contributed by atoms with Crippen molar-refractivity contribution in [3.05, 3.63) is 56.6 Å². The van der Waals surface area contributed by atoms with Gasteiger partial charge in [-0.3, -0.25) is 10.1 Å². The van der Waals surface area contributed by atoms with Crippen LogP contribution in [-0.4, -0.2) is 16.9 Å². The molecule has 0 fully saturated rings. The molecule has 2 rings (SSSR count). The number of hydrogen-bond acceptors (Lipinski definition) is 4. The highest BCUT2D eigenvalue weighted by Crippen LogP contribution is 2.36. The lowest BCUT2D eigenvalue weighted by atomic mass is 10.2. The highest BCUT2D eigenvalue weighted by molar-refractivity contribution is 9.09. The Bertz CT molecular complexity index is 697. The third-order valence-electron chi connectivity index (χ3n) is 2.58. The lowest BCUT2D eigenvalue weighted by molar-refractivity contribution is -0.385. The van der Waals surface area contributed by atoms with E-state index in [0.717, 1.165) is 0 Å². The molecule has 2 aromatic rings. The average Bonchev–Trinajstić information content (AvgIpc) is 2.48. The first-order chi connectivity index (χ1) is 10.5. The smallest absolute Gasteiger partial charge is 0.311 e. The average molecular weight is 407 g/mol. The summed E-state index contributed by atoms with van der Waals surface area (Å²) in [6, 6.07) is 9.05. The highest BCUT2D eigenvalue weighted by Gasteiger charge is 2.17. The maximum Gasteiger partial charge on any atom is 0.311 e. The summed E-state index contributed by atoms with van der Waals surface area (Å²) < 4.78 is 11.0. The van der Waals surface area contributed by atoms with E-state index in [2.05, 4.69) is 15.9 Å². The predicted octanol–water partition coefficient (Wildman–Crippen LogP) is 5.47. The van der Waals surface area contributed by atoms with Gasteiger partial charge in [-0.25, -0.2) is 0 Å². The Morgan fingerprint density at radius 3 is 2.55 bits per heavy atom. The fourth-order valence-electron chi connectivity index (χ4n) is 1.66. The van der Waals surface area contributed by atoms with Crippen LogP contribution in [0.25, 0.3) is 0 Å². The first kappa shape index (κ1) is 16.9. The van der Waals surface area contributed by atoms with Gasteiger partial charge in [-0.05, 0) is 24.3 Å². The number of hydrogen-bond donors (Lipinski definition) is 0. The molecule has 0 aliphatic heterocycles. The molecule has 0 spiro atoms. The molecule has 0 heterocycles. The summed E-state index contributed by atoms with van der Waals surface area (Å²) in [5.41, 5.74) is -0.129. The zero-order valence-corrected chi connectivity index (χ0v) is 14.2. The van der Waals surface area contributed by atoms with Gasteiger partial charge in [0.25, 0.3) is 0 Å². The van der Waals surface area contributed by atoms with Gasteiger partial charge in [0.15, 0.2) is 0 Å². The van der Waals surface area contributed by atoms with Crippen LogP contribution in [0, 0.1) is 10.1 Å². The van der Waals surface area contributed by atoms with Crippen molar-refractivity contribution in [2.75, 3.05) is 11.9 Å². The molecule has 0 aromatic heterocycles. The minimum absolute atomic E-state index is 0.129. The number of benzene rings is 2. The maximum atomic E-state index is 11.0. The van der Waals surface area contributed by atoms with Gasteiger partial charge in [-0.1, -0.05) is 39.1 Å². The molecule has 0 atom stereocenters. The van der Waals surface area contributed by atoms with E-state index >= 15 is 0 Å². The second kappa shape index (κ2) is 7.67. The van der Waals surface area contributed by atoms with E-state index in [0.29, 0.717) is 33.5 Å². The molecule has 0 aliphatic carbocycles. The molecule has 0 saturated heterocycles. The fraction of sp³-hybridized carbons (Fsp3) is 0.143. The van der Waals surface area contributed by atoms with Crippen molar-refractivity contribution in [2.45, 2.75) is 0 Å². The zero-order valence-electron chi connectivity index (χ0n) is 11.1. The normalized spacial score (nSPS) is 10.3. The second-order valence-electron chi connectivity index (χ2n) is 4.10. The number of nitro benzene ring substituents is 1. The molecule has 5 nitrogen and oxygen atoms in total. The lowest BCUT2D eigenvalue weighted by Crippen LogP contribution is -2.01. The number of alkyl halides is 1. The Morgan fingerprint density at radius 1 is 1.14 bits per heavy atom. The molecule has 0 saturated carbocycles. The van der Waals surface area contributed by atoms with Crippen molar-refractivity contribution in [1.82, 2.24) is 0 Å². The topological polar surface area (TPSA) is 61.6 Å². The predicted molar refractivity (Wildman–Crippen MR) is 88.9 cm³/mol. The number of nitrogens with zero attached hydrogens (tertiary/aromatic N) is 1. The van der Waals surface area contributed by atoms with Gasteiger partial charge in [0.1, 0.15) is 11.5 Å². The van der Waals surface area contributed by atoms with Gasteiger partial charge in [0, 0.05) is 22.5 Å². The Kier molecular flexibility index (Phi) is 5.88. The van der Waals surface area contributed by atoms with Gasteiger partial charge in [0.05, 0.1) is 16.6 Å². The van der Waals surface area contributed by atoms with Crippen molar-refractivity contribution >= 4 is 44.8 Å². The van der Waals surface area contributed by atoms with E-state index in [9.17, 15) is 10.1 Å². The third kappa shape index (κ3) is 4.25. The minimum Gasteiger partial charge on any atom is -0.486 e. The number of ether oxygens (including phenoxy) is 2. The first-order valence-corrected chi connectivity index (χ1v) is 7.99. The van der Waals surface area contributed by atoms with Gasteiger partial charge in [-0.15, -0.1) is 0 Å². The molecule has 8 heteroatoms. The monoisotopic (exact) mass is 405 g/mol. The van der Waals surface area contributed by atoms with Crippen LogP contribution in [0.1, 0.15) is 0 Å². The standard InChI is InChI=1S/C14H10BrCl2NO4/c15-5-6-21-14-8-10(2-3-12(14)18(19)20)22-13-4-1-9(16)7-11(13)17/h1-4,7-8H,5-6H2. The van der Waals surface area contributed by atoms with Crippen LogP contribution in [0.3, 0.4) is 0 Å². The second-order valence-corrected chi connectivity index (χ2v) is 5.74. The van der Waals surface area contributed by atoms with Gasteiger partial charge in [-0.2, -0.15) is 0 Å². The molecular formula is C14H10BrCl2NO4. The van der Waals surface area contributed by atoms with Crippen LogP contribution in [-0.2, 0) is 0 Å². The summed E-state index contributed by atoms with van der Waals surface area (Å²) in [6.07, 6.45) is 0. The highest BCUT2D eigenvalue weighted by atomic mass is 79.9. The van der Waals surface area contributed by atoms with Crippen LogP contribution < -0.4 is 9.47 Å². The molecule has 0 unspecified atom stereocenters. The van der Waals surface area contributed by atoms with Crippen LogP contribution in [0.2, 0.25) is 10.0 Å². The molecule has 2 aromatic carbocycles. The van der Waals surface area contributed by atoms with Crippen molar-refractivity contribution < 1.29 is 14.4 Å². The summed E-state index contributed by atoms with van der Waals surface area (Å²) >= 11 is 15.0. The molecule has 0 radical (unpaired) electrons. The van der Waals surface area contributed by atoms with Crippen molar-refractivity contribution in [2.24, 2.45) is 0 Å². The summed E-state index contributed by atoms with van der Waals surface area (Å²) in [4.78, 5) is 10.5. The van der Waals surface area contributed by atoms with Gasteiger partial charge < -0.3 is 9.47 Å². The van der Waals surface area contributed by atoms with Crippen LogP contribution >= 0.6 is 39.1 Å². The number of rotatable bonds is 6. The Balaban J connectivity index is 2.29. The molecular weight excluding hydrogens is 397 g/mol. The van der Waals surface area contributed by atoms with Crippen molar-refractivity contribution in [3.8, 4) is 17.2 Å². The molecule has 0 bridgehead atoms. The Labute approximate surface area is 145 Å². The number of nitro groups is 1. The Morgan fingerprint density at radius 2 is 1.91 bits per heavy atom. The van der Waals surface area contributed by atoms with Gasteiger partial charge in [0.2, 0.25) is 5.75 Å². The SMILES string of the molecule is O=[N+]([O-])c1ccc(Oc2ccc(Cl)cc2Cl)cc1OCCBr. The van der Waals surface area contributed by atoms with E-state index < -0.39 is 4.92 Å². The maximum absolute atomic E-state index is 11.0. The van der Waals surface area contributed by atoms with Crippen molar-refractivity contribution in [1.29, 1.82) is 0 Å². The first-order valence-electron chi connectivity index (χ1n) is 6.11. The van der Waals surface area contributed by atoms with Crippen molar-refractivity contribution in [3.63, 3.8) is 0 Å². The largest absolute Gasteiger partial charge is 0.486 e. The molecule has 0 N–H and O–H groups in total. The molecule has 116 valence electrons. The fourth-order valence-corrected chi connectivity index (χ4v) is 2.27. The van der Waals surface area contributed by atoms with E-state index in [4.69, 9.17) is 32.7 Å². The van der Waals surface area contributed by atoms with E-state index in [1.807, 2.05) is 0 Å². The zero-order chi connectivity index (χ0) is 16.1. The molecule has 0 amide bonds. The summed E-state index contributed by atoms with van der Waals surface area (Å²) in [5, 5.41) is 12.4. The lowest BCUT2D eigenvalue weighted by Gasteiger charge is -2.10. The summed E-state index contributed by atoms with van der Waals surface area (Å²) in [7, 11) is 0. The van der Waals surface area contributed by atoms with Crippen LogP contribution in [0.15, 0.2) is 36.4 Å². The third-order valence-corrected chi connectivity index (χ3v) is 3.44. The van der Waals surface area contributed by atoms with Gasteiger partial charge >= 0.3 is 5.69 Å². The quantitative estimate of drug-likeness (QED) is 0.362. The molecule has 0 aliphatic rings. The Hall–Kier alpha value is -1.50. The summed E-state index contributed by atoms with van der Waals surface area (Å²) in [6.45, 7) is 0.298. The summed E-state index contributed by atoms with van der Waals surface area (Å²) in [5.74, 6) is 0.901. The van der Waals surface area contributed by atoms with Crippen LogP contribution in [0.4, 0.5) is 5.69 Å². The van der Waals surface area contributed by atoms with E-state index in [-0.39, 0.29) is 11.4 Å². The van der Waals surface area contributed by atoms with E-state index in [1.54, 1.807) is 18.2 Å². The van der Waals surface area contributed by atoms with E-state index in [1.165, 1.54) is 18.2 Å².